The zero-order chi connectivity index (χ0) is 24.9. The van der Waals surface area contributed by atoms with Gasteiger partial charge in [0.15, 0.2) is 0 Å². The molecule has 1 atom stereocenters. The summed E-state index contributed by atoms with van der Waals surface area (Å²) in [5.74, 6) is 2.59. The van der Waals surface area contributed by atoms with Crippen molar-refractivity contribution in [2.24, 2.45) is 11.8 Å². The first kappa shape index (κ1) is 27.1. The van der Waals surface area contributed by atoms with E-state index in [0.29, 0.717) is 37.4 Å². The third kappa shape index (κ3) is 9.59. The topological polar surface area (TPSA) is 94.0 Å². The maximum atomic E-state index is 13.1. The molecule has 1 fully saturated rings. The van der Waals surface area contributed by atoms with Gasteiger partial charge in [0.25, 0.3) is 0 Å². The standard InChI is InChI=1S/C27H44N6O2/c1-4-35-18-8-15-29-26(34)24(14-11-21(2)3)31-25-19-23(13-12-22-9-6-5-7-10-22)30-27(32-25)33-17-16-28-20-33/h16-17,19-22,24H,4-15,18H2,1-3H3,(H,29,34)(H,30,31,32). The highest BCUT2D eigenvalue weighted by Gasteiger charge is 2.20. The molecule has 0 spiro atoms. The second-order valence-corrected chi connectivity index (χ2v) is 10.1. The van der Waals surface area contributed by atoms with Crippen molar-refractivity contribution in [3.63, 3.8) is 0 Å². The molecule has 0 radical (unpaired) electrons. The molecule has 2 heterocycles. The van der Waals surface area contributed by atoms with E-state index in [2.05, 4.69) is 29.5 Å². The van der Waals surface area contributed by atoms with Crippen molar-refractivity contribution in [1.82, 2.24) is 24.8 Å². The van der Waals surface area contributed by atoms with Gasteiger partial charge in [-0.15, -0.1) is 0 Å². The van der Waals surface area contributed by atoms with E-state index >= 15 is 0 Å². The number of nitrogens with zero attached hydrogens (tertiary/aromatic N) is 4. The molecule has 8 heteroatoms. The van der Waals surface area contributed by atoms with Gasteiger partial charge >= 0.3 is 0 Å². The first-order chi connectivity index (χ1) is 17.0. The summed E-state index contributed by atoms with van der Waals surface area (Å²) in [6.45, 7) is 8.31. The molecule has 1 saturated carbocycles. The number of rotatable bonds is 15. The monoisotopic (exact) mass is 484 g/mol. The Morgan fingerprint density at radius 2 is 2.03 bits per heavy atom. The van der Waals surface area contributed by atoms with Crippen molar-refractivity contribution in [1.29, 1.82) is 0 Å². The van der Waals surface area contributed by atoms with Crippen molar-refractivity contribution >= 4 is 11.7 Å². The van der Waals surface area contributed by atoms with Gasteiger partial charge in [0.2, 0.25) is 11.9 Å². The summed E-state index contributed by atoms with van der Waals surface area (Å²) in [5.41, 5.74) is 1.01. The zero-order valence-corrected chi connectivity index (χ0v) is 21.8. The van der Waals surface area contributed by atoms with Crippen LogP contribution in [0.3, 0.4) is 0 Å². The van der Waals surface area contributed by atoms with E-state index in [9.17, 15) is 4.79 Å². The normalized spacial score (nSPS) is 15.3. The molecule has 2 aromatic rings. The van der Waals surface area contributed by atoms with Crippen LogP contribution in [0.4, 0.5) is 5.82 Å². The summed E-state index contributed by atoms with van der Waals surface area (Å²) < 4.78 is 7.21. The Morgan fingerprint density at radius 1 is 1.20 bits per heavy atom. The quantitative estimate of drug-likeness (QED) is 0.348. The Hall–Kier alpha value is -2.48. The summed E-state index contributed by atoms with van der Waals surface area (Å²) in [7, 11) is 0. The number of hydrogen-bond donors (Lipinski definition) is 2. The van der Waals surface area contributed by atoms with E-state index in [-0.39, 0.29) is 11.9 Å². The van der Waals surface area contributed by atoms with Gasteiger partial charge in [0.05, 0.1) is 0 Å². The molecule has 2 aromatic heterocycles. The molecule has 35 heavy (non-hydrogen) atoms. The van der Waals surface area contributed by atoms with E-state index in [1.54, 1.807) is 12.5 Å². The molecular formula is C27H44N6O2. The molecule has 194 valence electrons. The second-order valence-electron chi connectivity index (χ2n) is 10.1. The van der Waals surface area contributed by atoms with E-state index in [1.165, 1.54) is 32.1 Å². The molecule has 1 aliphatic rings. The minimum atomic E-state index is -0.346. The minimum Gasteiger partial charge on any atom is -0.382 e. The summed E-state index contributed by atoms with van der Waals surface area (Å²) in [5, 5.41) is 6.51. The van der Waals surface area contributed by atoms with Crippen LogP contribution in [0.5, 0.6) is 0 Å². The molecule has 3 rings (SSSR count). The molecule has 1 amide bonds. The average Bonchev–Trinajstić information content (AvgIpc) is 3.41. The highest BCUT2D eigenvalue weighted by Crippen LogP contribution is 2.27. The van der Waals surface area contributed by atoms with Crippen LogP contribution in [-0.4, -0.2) is 51.2 Å². The number of anilines is 1. The largest absolute Gasteiger partial charge is 0.382 e. The summed E-state index contributed by atoms with van der Waals surface area (Å²) in [6.07, 6.45) is 16.6. The molecule has 1 aliphatic carbocycles. The Kier molecular flexibility index (Phi) is 11.5. The maximum absolute atomic E-state index is 13.1. The molecule has 8 nitrogen and oxygen atoms in total. The van der Waals surface area contributed by atoms with Crippen LogP contribution in [0.25, 0.3) is 5.95 Å². The minimum absolute atomic E-state index is 0.00805. The van der Waals surface area contributed by atoms with Crippen LogP contribution in [0.2, 0.25) is 0 Å². The fourth-order valence-corrected chi connectivity index (χ4v) is 4.61. The summed E-state index contributed by atoms with van der Waals surface area (Å²) in [4.78, 5) is 26.8. The Bertz CT molecular complexity index is 865. The van der Waals surface area contributed by atoms with E-state index in [4.69, 9.17) is 14.7 Å². The summed E-state index contributed by atoms with van der Waals surface area (Å²) >= 11 is 0. The lowest BCUT2D eigenvalue weighted by atomic mass is 9.86. The van der Waals surface area contributed by atoms with Gasteiger partial charge in [-0.1, -0.05) is 46.0 Å². The second kappa shape index (κ2) is 14.8. The molecular weight excluding hydrogens is 440 g/mol. The number of amides is 1. The number of nitrogens with one attached hydrogen (secondary N) is 2. The average molecular weight is 485 g/mol. The molecule has 0 aliphatic heterocycles. The van der Waals surface area contributed by atoms with E-state index < -0.39 is 0 Å². The number of carbonyl (C=O) groups excluding carboxylic acids is 1. The van der Waals surface area contributed by atoms with Gasteiger partial charge in [-0.2, -0.15) is 4.98 Å². The molecule has 0 aromatic carbocycles. The lowest BCUT2D eigenvalue weighted by molar-refractivity contribution is -0.122. The third-order valence-corrected chi connectivity index (χ3v) is 6.68. The lowest BCUT2D eigenvalue weighted by Crippen LogP contribution is -2.40. The van der Waals surface area contributed by atoms with Crippen molar-refractivity contribution in [2.75, 3.05) is 25.1 Å². The highest BCUT2D eigenvalue weighted by molar-refractivity contribution is 5.84. The molecule has 1 unspecified atom stereocenters. The Morgan fingerprint density at radius 3 is 2.74 bits per heavy atom. The van der Waals surface area contributed by atoms with Gasteiger partial charge in [-0.25, -0.2) is 9.97 Å². The first-order valence-corrected chi connectivity index (χ1v) is 13.5. The number of ether oxygens (including phenoxy) is 1. The van der Waals surface area contributed by atoms with Crippen LogP contribution >= 0.6 is 0 Å². The van der Waals surface area contributed by atoms with Crippen LogP contribution in [0.15, 0.2) is 24.8 Å². The van der Waals surface area contributed by atoms with Crippen LogP contribution in [-0.2, 0) is 16.0 Å². The van der Waals surface area contributed by atoms with Gasteiger partial charge in [-0.3, -0.25) is 9.36 Å². The van der Waals surface area contributed by atoms with Gasteiger partial charge in [0, 0.05) is 43.9 Å². The zero-order valence-electron chi connectivity index (χ0n) is 21.8. The smallest absolute Gasteiger partial charge is 0.242 e. The van der Waals surface area contributed by atoms with Crippen LogP contribution in [0, 0.1) is 11.8 Å². The molecule has 0 saturated heterocycles. The fourth-order valence-electron chi connectivity index (χ4n) is 4.61. The number of aryl methyl sites for hydroxylation is 1. The molecule has 2 N–H and O–H groups in total. The molecule has 0 bridgehead atoms. The van der Waals surface area contributed by atoms with Gasteiger partial charge < -0.3 is 15.4 Å². The van der Waals surface area contributed by atoms with Gasteiger partial charge in [-0.05, 0) is 50.9 Å². The highest BCUT2D eigenvalue weighted by atomic mass is 16.5. The van der Waals surface area contributed by atoms with Crippen molar-refractivity contribution < 1.29 is 9.53 Å². The number of hydrogen-bond acceptors (Lipinski definition) is 6. The number of carbonyl (C=O) groups is 1. The predicted octanol–water partition coefficient (Wildman–Crippen LogP) is 4.93. The first-order valence-electron chi connectivity index (χ1n) is 13.5. The third-order valence-electron chi connectivity index (χ3n) is 6.68. The maximum Gasteiger partial charge on any atom is 0.242 e. The Labute approximate surface area is 210 Å². The lowest BCUT2D eigenvalue weighted by Gasteiger charge is -2.22. The van der Waals surface area contributed by atoms with Gasteiger partial charge in [0.1, 0.15) is 18.2 Å². The fraction of sp³-hybridized carbons (Fsp3) is 0.704. The predicted molar refractivity (Wildman–Crippen MR) is 140 cm³/mol. The van der Waals surface area contributed by atoms with Crippen LogP contribution < -0.4 is 10.6 Å². The van der Waals surface area contributed by atoms with E-state index in [0.717, 1.165) is 43.7 Å². The SMILES string of the molecule is CCOCCCNC(=O)C(CCC(C)C)Nc1cc(CCC2CCCCC2)nc(-n2ccnc2)n1. The van der Waals surface area contributed by atoms with Crippen molar-refractivity contribution in [2.45, 2.75) is 91.0 Å². The summed E-state index contributed by atoms with van der Waals surface area (Å²) in [6, 6.07) is 1.68. The van der Waals surface area contributed by atoms with Crippen molar-refractivity contribution in [3.05, 3.63) is 30.5 Å². The Balaban J connectivity index is 1.72. The van der Waals surface area contributed by atoms with Crippen molar-refractivity contribution in [3.8, 4) is 5.95 Å². The van der Waals surface area contributed by atoms with Crippen LogP contribution in [0.1, 0.15) is 84.3 Å². The number of imidazole rings is 1. The van der Waals surface area contributed by atoms with E-state index in [1.807, 2.05) is 23.8 Å². The number of aromatic nitrogens is 4.